The molecule has 9 nitrogen and oxygen atoms in total. The molecule has 2 N–H and O–H groups in total. The maximum atomic E-state index is 13.4. The van der Waals surface area contributed by atoms with Crippen molar-refractivity contribution >= 4 is 27.6 Å². The standard InChI is InChI=1S/C22H28N4O5S/c27-18-5-4-17(20(28)24-18)26-13-16-3-1-2-15(19(16)21(26)29)12-25-10-11-32(30,31)14-22(25)6-8-23-9-7-22/h1-3,17,23H,4-14H2,(H,24,27,28). The maximum Gasteiger partial charge on any atom is 0.255 e. The minimum Gasteiger partial charge on any atom is -0.322 e. The molecule has 10 heteroatoms. The second kappa shape index (κ2) is 7.93. The number of carbonyl (C=O) groups is 3. The third-order valence-electron chi connectivity index (χ3n) is 7.37. The molecule has 0 aromatic heterocycles. The second-order valence-electron chi connectivity index (χ2n) is 9.34. The van der Waals surface area contributed by atoms with Crippen LogP contribution in [-0.2, 0) is 32.5 Å². The molecule has 0 radical (unpaired) electrons. The van der Waals surface area contributed by atoms with Gasteiger partial charge in [0.2, 0.25) is 11.8 Å². The van der Waals surface area contributed by atoms with Crippen LogP contribution in [-0.4, -0.2) is 78.7 Å². The molecule has 172 valence electrons. The van der Waals surface area contributed by atoms with Crippen LogP contribution >= 0.6 is 0 Å². The number of nitrogens with one attached hydrogen (secondary N) is 2. The van der Waals surface area contributed by atoms with E-state index in [1.54, 1.807) is 4.90 Å². The predicted molar refractivity (Wildman–Crippen MR) is 116 cm³/mol. The van der Waals surface area contributed by atoms with Crippen LogP contribution in [0, 0.1) is 0 Å². The van der Waals surface area contributed by atoms with Crippen LogP contribution in [0.3, 0.4) is 0 Å². The molecule has 32 heavy (non-hydrogen) atoms. The van der Waals surface area contributed by atoms with Gasteiger partial charge in [-0.25, -0.2) is 8.42 Å². The van der Waals surface area contributed by atoms with E-state index in [0.717, 1.165) is 37.1 Å². The molecular formula is C22H28N4O5S. The fraction of sp³-hybridized carbons (Fsp3) is 0.591. The summed E-state index contributed by atoms with van der Waals surface area (Å²) >= 11 is 0. The molecule has 0 saturated carbocycles. The lowest BCUT2D eigenvalue weighted by Gasteiger charge is -2.49. The summed E-state index contributed by atoms with van der Waals surface area (Å²) in [5, 5.41) is 5.66. The number of hydrogen-bond donors (Lipinski definition) is 2. The van der Waals surface area contributed by atoms with Crippen LogP contribution in [0.2, 0.25) is 0 Å². The maximum absolute atomic E-state index is 13.4. The van der Waals surface area contributed by atoms with Crippen molar-refractivity contribution in [2.24, 2.45) is 0 Å². The normalized spacial score (nSPS) is 27.4. The summed E-state index contributed by atoms with van der Waals surface area (Å²) in [4.78, 5) is 41.1. The number of benzene rings is 1. The molecule has 3 saturated heterocycles. The fourth-order valence-electron chi connectivity index (χ4n) is 5.69. The van der Waals surface area contributed by atoms with Gasteiger partial charge in [0.05, 0.1) is 11.5 Å². The number of fused-ring (bicyclic) bond motifs is 1. The summed E-state index contributed by atoms with van der Waals surface area (Å²) in [6.45, 7) is 2.87. The van der Waals surface area contributed by atoms with Crippen LogP contribution in [0.25, 0.3) is 0 Å². The van der Waals surface area contributed by atoms with Gasteiger partial charge in [0.15, 0.2) is 9.84 Å². The first-order chi connectivity index (χ1) is 15.3. The van der Waals surface area contributed by atoms with Crippen LogP contribution in [0.5, 0.6) is 0 Å². The first kappa shape index (κ1) is 21.5. The van der Waals surface area contributed by atoms with Crippen molar-refractivity contribution in [1.82, 2.24) is 20.4 Å². The Labute approximate surface area is 187 Å². The summed E-state index contributed by atoms with van der Waals surface area (Å²) in [5.41, 5.74) is 1.96. The van der Waals surface area contributed by atoms with E-state index >= 15 is 0 Å². The Morgan fingerprint density at radius 1 is 1.12 bits per heavy atom. The van der Waals surface area contributed by atoms with Gasteiger partial charge in [-0.3, -0.25) is 24.6 Å². The molecule has 4 heterocycles. The van der Waals surface area contributed by atoms with Crippen molar-refractivity contribution in [1.29, 1.82) is 0 Å². The monoisotopic (exact) mass is 460 g/mol. The molecule has 3 fully saturated rings. The molecular weight excluding hydrogens is 432 g/mol. The Kier molecular flexibility index (Phi) is 5.34. The van der Waals surface area contributed by atoms with Gasteiger partial charge >= 0.3 is 0 Å². The third kappa shape index (κ3) is 3.74. The Hall–Kier alpha value is -2.30. The third-order valence-corrected chi connectivity index (χ3v) is 9.15. The van der Waals surface area contributed by atoms with E-state index in [1.807, 2.05) is 18.2 Å². The summed E-state index contributed by atoms with van der Waals surface area (Å²) in [5.74, 6) is -0.614. The predicted octanol–water partition coefficient (Wildman–Crippen LogP) is -0.200. The van der Waals surface area contributed by atoms with Crippen LogP contribution < -0.4 is 10.6 Å². The highest BCUT2D eigenvalue weighted by atomic mass is 32.2. The molecule has 4 aliphatic rings. The Balaban J connectivity index is 1.42. The first-order valence-electron chi connectivity index (χ1n) is 11.2. The summed E-state index contributed by atoms with van der Waals surface area (Å²) < 4.78 is 24.9. The highest BCUT2D eigenvalue weighted by molar-refractivity contribution is 7.91. The molecule has 0 aliphatic carbocycles. The van der Waals surface area contributed by atoms with Crippen molar-refractivity contribution in [2.75, 3.05) is 31.1 Å². The van der Waals surface area contributed by atoms with Gasteiger partial charge in [-0.2, -0.15) is 0 Å². The SMILES string of the molecule is O=C1CCC(N2Cc3cccc(CN4CCS(=O)(=O)CC45CCNCC5)c3C2=O)C(=O)N1. The van der Waals surface area contributed by atoms with Gasteiger partial charge in [-0.05, 0) is 43.5 Å². The lowest BCUT2D eigenvalue weighted by molar-refractivity contribution is -0.136. The Bertz CT molecular complexity index is 1080. The quantitative estimate of drug-likeness (QED) is 0.600. The minimum atomic E-state index is -3.09. The molecule has 1 atom stereocenters. The molecule has 1 spiro atoms. The van der Waals surface area contributed by atoms with Gasteiger partial charge in [0.25, 0.3) is 5.91 Å². The van der Waals surface area contributed by atoms with E-state index in [1.165, 1.54) is 0 Å². The van der Waals surface area contributed by atoms with Crippen molar-refractivity contribution in [3.05, 3.63) is 34.9 Å². The van der Waals surface area contributed by atoms with Gasteiger partial charge in [-0.15, -0.1) is 0 Å². The van der Waals surface area contributed by atoms with E-state index in [-0.39, 0.29) is 29.7 Å². The molecule has 0 bridgehead atoms. The van der Waals surface area contributed by atoms with Gasteiger partial charge in [0.1, 0.15) is 6.04 Å². The molecule has 4 aliphatic heterocycles. The lowest BCUT2D eigenvalue weighted by atomic mass is 9.87. The van der Waals surface area contributed by atoms with E-state index in [4.69, 9.17) is 0 Å². The van der Waals surface area contributed by atoms with Crippen LogP contribution in [0.15, 0.2) is 18.2 Å². The highest BCUT2D eigenvalue weighted by Gasteiger charge is 2.46. The molecule has 3 amide bonds. The zero-order chi connectivity index (χ0) is 22.5. The lowest BCUT2D eigenvalue weighted by Crippen LogP contribution is -2.62. The second-order valence-corrected chi connectivity index (χ2v) is 11.5. The Morgan fingerprint density at radius 2 is 1.91 bits per heavy atom. The van der Waals surface area contributed by atoms with Crippen LogP contribution in [0.1, 0.15) is 47.2 Å². The molecule has 5 rings (SSSR count). The topological polar surface area (TPSA) is 116 Å². The van der Waals surface area contributed by atoms with Crippen LogP contribution in [0.4, 0.5) is 0 Å². The number of nitrogens with zero attached hydrogens (tertiary/aromatic N) is 2. The van der Waals surface area contributed by atoms with Crippen molar-refractivity contribution < 1.29 is 22.8 Å². The summed E-state index contributed by atoms with van der Waals surface area (Å²) in [6.07, 6.45) is 2.08. The van der Waals surface area contributed by atoms with E-state index in [9.17, 15) is 22.8 Å². The molecule has 1 unspecified atom stereocenters. The van der Waals surface area contributed by atoms with Gasteiger partial charge in [0, 0.05) is 37.2 Å². The minimum absolute atomic E-state index is 0.132. The smallest absolute Gasteiger partial charge is 0.255 e. The largest absolute Gasteiger partial charge is 0.322 e. The number of rotatable bonds is 3. The van der Waals surface area contributed by atoms with E-state index in [0.29, 0.717) is 31.6 Å². The molecule has 1 aromatic rings. The summed E-state index contributed by atoms with van der Waals surface area (Å²) in [6, 6.07) is 5.12. The van der Waals surface area contributed by atoms with Gasteiger partial charge < -0.3 is 10.2 Å². The number of imide groups is 1. The first-order valence-corrected chi connectivity index (χ1v) is 13.0. The number of hydrogen-bond acceptors (Lipinski definition) is 7. The average Bonchev–Trinajstić information content (AvgIpc) is 3.08. The zero-order valence-electron chi connectivity index (χ0n) is 17.9. The zero-order valence-corrected chi connectivity index (χ0v) is 18.7. The van der Waals surface area contributed by atoms with Crippen molar-refractivity contribution in [3.63, 3.8) is 0 Å². The fourth-order valence-corrected chi connectivity index (χ4v) is 7.62. The van der Waals surface area contributed by atoms with E-state index in [2.05, 4.69) is 15.5 Å². The van der Waals surface area contributed by atoms with Gasteiger partial charge in [-0.1, -0.05) is 18.2 Å². The molecule has 1 aromatic carbocycles. The van der Waals surface area contributed by atoms with E-state index < -0.39 is 27.3 Å². The highest BCUT2D eigenvalue weighted by Crippen LogP contribution is 2.36. The average molecular weight is 461 g/mol. The summed E-state index contributed by atoms with van der Waals surface area (Å²) in [7, 11) is -3.09. The number of carbonyl (C=O) groups excluding carboxylic acids is 3. The van der Waals surface area contributed by atoms with Crippen molar-refractivity contribution in [3.8, 4) is 0 Å². The number of piperidine rings is 2. The number of amides is 3. The number of sulfone groups is 1. The Morgan fingerprint density at radius 3 is 2.66 bits per heavy atom. The van der Waals surface area contributed by atoms with Crippen molar-refractivity contribution in [2.45, 2.75) is 50.4 Å².